The number of hydrogen-bond donors (Lipinski definition) is 1. The van der Waals surface area contributed by atoms with Crippen molar-refractivity contribution in [1.82, 2.24) is 9.97 Å². The minimum Gasteiger partial charge on any atom is -0.493 e. The number of aromatic carboxylic acids is 1. The van der Waals surface area contributed by atoms with Crippen molar-refractivity contribution in [3.05, 3.63) is 83.8 Å². The molecule has 0 radical (unpaired) electrons. The molecule has 6 nitrogen and oxygen atoms in total. The molecule has 0 atom stereocenters. The zero-order valence-electron chi connectivity index (χ0n) is 18.9. The van der Waals surface area contributed by atoms with E-state index in [0.717, 1.165) is 18.2 Å². The van der Waals surface area contributed by atoms with Gasteiger partial charge in [0.2, 0.25) is 0 Å². The largest absolute Gasteiger partial charge is 0.493 e. The second-order valence-electron chi connectivity index (χ2n) is 7.61. The van der Waals surface area contributed by atoms with Crippen molar-refractivity contribution in [2.24, 2.45) is 0 Å². The van der Waals surface area contributed by atoms with Gasteiger partial charge in [-0.3, -0.25) is 0 Å². The van der Waals surface area contributed by atoms with Crippen LogP contribution in [0.5, 0.6) is 11.5 Å². The Kier molecular flexibility index (Phi) is 6.61. The molecule has 0 aliphatic heterocycles. The lowest BCUT2D eigenvalue weighted by Crippen LogP contribution is -2.10. The van der Waals surface area contributed by atoms with E-state index in [1.807, 2.05) is 0 Å². The Morgan fingerprint density at radius 3 is 2.14 bits per heavy atom. The van der Waals surface area contributed by atoms with Crippen LogP contribution in [0.4, 0.5) is 17.6 Å². The summed E-state index contributed by atoms with van der Waals surface area (Å²) < 4.78 is 65.4. The molecule has 1 heterocycles. The van der Waals surface area contributed by atoms with E-state index in [9.17, 15) is 27.5 Å². The molecule has 4 rings (SSSR count). The number of hydrogen-bond acceptors (Lipinski definition) is 5. The van der Waals surface area contributed by atoms with Gasteiger partial charge in [-0.2, -0.15) is 13.2 Å². The van der Waals surface area contributed by atoms with E-state index in [-0.39, 0.29) is 17.1 Å². The highest BCUT2D eigenvalue weighted by atomic mass is 19.4. The number of carboxylic acids is 1. The third-order valence-corrected chi connectivity index (χ3v) is 5.35. The Hall–Kier alpha value is -4.47. The summed E-state index contributed by atoms with van der Waals surface area (Å²) in [5, 5.41) is 9.20. The number of methoxy groups -OCH3 is 2. The summed E-state index contributed by atoms with van der Waals surface area (Å²) in [6, 6.07) is 15.2. The second kappa shape index (κ2) is 9.65. The Morgan fingerprint density at radius 1 is 0.806 bits per heavy atom. The number of carbonyl (C=O) groups is 1. The standard InChI is InChI=1S/C26H18F4N2O4/c1-35-21-9-7-16(12-22(21)36-2)20-13-23(26(28,29)30)32-24(31-20)17-5-3-4-14(10-17)15-6-8-19(27)18(11-15)25(33)34/h3-13H,1-2H3,(H,33,34). The van der Waals surface area contributed by atoms with Crippen LogP contribution >= 0.6 is 0 Å². The molecule has 4 aromatic rings. The molecular weight excluding hydrogens is 480 g/mol. The van der Waals surface area contributed by atoms with Gasteiger partial charge >= 0.3 is 12.1 Å². The van der Waals surface area contributed by atoms with Crippen LogP contribution in [-0.2, 0) is 6.18 Å². The van der Waals surface area contributed by atoms with Crippen molar-refractivity contribution >= 4 is 5.97 Å². The summed E-state index contributed by atoms with van der Waals surface area (Å²) in [5.41, 5.74) is -0.245. The van der Waals surface area contributed by atoms with Gasteiger partial charge < -0.3 is 14.6 Å². The first-order valence-corrected chi connectivity index (χ1v) is 10.4. The summed E-state index contributed by atoms with van der Waals surface area (Å²) >= 11 is 0. The molecule has 3 aromatic carbocycles. The Balaban J connectivity index is 1.85. The van der Waals surface area contributed by atoms with Gasteiger partial charge in [-0.05, 0) is 53.6 Å². The van der Waals surface area contributed by atoms with E-state index in [1.165, 1.54) is 38.5 Å². The molecule has 10 heteroatoms. The number of alkyl halides is 3. The lowest BCUT2D eigenvalue weighted by atomic mass is 10.0. The molecule has 0 aliphatic rings. The van der Waals surface area contributed by atoms with E-state index in [2.05, 4.69) is 9.97 Å². The number of carboxylic acid groups (broad SMARTS) is 1. The fourth-order valence-corrected chi connectivity index (χ4v) is 3.57. The zero-order valence-corrected chi connectivity index (χ0v) is 18.9. The van der Waals surface area contributed by atoms with Crippen LogP contribution in [0.1, 0.15) is 16.1 Å². The van der Waals surface area contributed by atoms with Crippen LogP contribution in [0.2, 0.25) is 0 Å². The molecule has 0 unspecified atom stereocenters. The van der Waals surface area contributed by atoms with Gasteiger partial charge in [0.05, 0.1) is 25.5 Å². The van der Waals surface area contributed by atoms with Crippen molar-refractivity contribution in [1.29, 1.82) is 0 Å². The zero-order chi connectivity index (χ0) is 26.0. The first-order valence-electron chi connectivity index (χ1n) is 10.4. The number of benzene rings is 3. The molecular formula is C26H18F4N2O4. The molecule has 0 bridgehead atoms. The van der Waals surface area contributed by atoms with Gasteiger partial charge in [0.25, 0.3) is 0 Å². The lowest BCUT2D eigenvalue weighted by Gasteiger charge is -2.13. The molecule has 0 aliphatic carbocycles. The quantitative estimate of drug-likeness (QED) is 0.312. The number of halogens is 4. The monoisotopic (exact) mass is 498 g/mol. The van der Waals surface area contributed by atoms with Gasteiger partial charge in [-0.1, -0.05) is 24.3 Å². The van der Waals surface area contributed by atoms with Crippen LogP contribution in [-0.4, -0.2) is 35.3 Å². The highest BCUT2D eigenvalue weighted by Crippen LogP contribution is 2.36. The normalized spacial score (nSPS) is 11.3. The molecule has 1 N–H and O–H groups in total. The number of ether oxygens (including phenoxy) is 2. The molecule has 0 saturated heterocycles. The van der Waals surface area contributed by atoms with Gasteiger partial charge in [0.15, 0.2) is 17.3 Å². The predicted octanol–water partition coefficient (Wildman–Crippen LogP) is 6.35. The fraction of sp³-hybridized carbons (Fsp3) is 0.115. The van der Waals surface area contributed by atoms with Gasteiger partial charge in [0, 0.05) is 11.1 Å². The number of aromatic nitrogens is 2. The fourth-order valence-electron chi connectivity index (χ4n) is 3.57. The van der Waals surface area contributed by atoms with Gasteiger partial charge in [-0.15, -0.1) is 0 Å². The van der Waals surface area contributed by atoms with Crippen molar-refractivity contribution in [2.45, 2.75) is 6.18 Å². The topological polar surface area (TPSA) is 81.5 Å². The average Bonchev–Trinajstić information content (AvgIpc) is 2.87. The van der Waals surface area contributed by atoms with E-state index >= 15 is 0 Å². The summed E-state index contributed by atoms with van der Waals surface area (Å²) in [7, 11) is 2.85. The van der Waals surface area contributed by atoms with Gasteiger partial charge in [-0.25, -0.2) is 19.2 Å². The van der Waals surface area contributed by atoms with E-state index < -0.39 is 29.2 Å². The van der Waals surface area contributed by atoms with Crippen molar-refractivity contribution in [2.75, 3.05) is 14.2 Å². The summed E-state index contributed by atoms with van der Waals surface area (Å²) in [4.78, 5) is 19.4. The number of nitrogens with zero attached hydrogens (tertiary/aromatic N) is 2. The minimum atomic E-state index is -4.74. The lowest BCUT2D eigenvalue weighted by molar-refractivity contribution is -0.141. The SMILES string of the molecule is COc1ccc(-c2cc(C(F)(F)F)nc(-c3cccc(-c4ccc(F)c(C(=O)O)c4)c3)n2)cc1OC. The maximum atomic E-state index is 13.8. The molecule has 0 spiro atoms. The summed E-state index contributed by atoms with van der Waals surface area (Å²) in [6.45, 7) is 0. The predicted molar refractivity (Wildman–Crippen MR) is 123 cm³/mol. The van der Waals surface area contributed by atoms with Crippen LogP contribution in [0.3, 0.4) is 0 Å². The highest BCUT2D eigenvalue weighted by Gasteiger charge is 2.34. The van der Waals surface area contributed by atoms with Crippen molar-refractivity contribution in [3.8, 4) is 45.3 Å². The van der Waals surface area contributed by atoms with Crippen molar-refractivity contribution in [3.63, 3.8) is 0 Å². The highest BCUT2D eigenvalue weighted by molar-refractivity contribution is 5.90. The minimum absolute atomic E-state index is 0.00799. The molecule has 0 saturated carbocycles. The molecule has 36 heavy (non-hydrogen) atoms. The smallest absolute Gasteiger partial charge is 0.433 e. The van der Waals surface area contributed by atoms with E-state index in [0.29, 0.717) is 28.2 Å². The van der Waals surface area contributed by atoms with Crippen molar-refractivity contribution < 1.29 is 36.9 Å². The summed E-state index contributed by atoms with van der Waals surface area (Å²) in [5.74, 6) is -1.82. The molecule has 1 aromatic heterocycles. The molecule has 0 fully saturated rings. The maximum Gasteiger partial charge on any atom is 0.433 e. The summed E-state index contributed by atoms with van der Waals surface area (Å²) in [6.07, 6.45) is -4.74. The Morgan fingerprint density at radius 2 is 1.47 bits per heavy atom. The third kappa shape index (κ3) is 4.97. The van der Waals surface area contributed by atoms with E-state index in [4.69, 9.17) is 9.47 Å². The van der Waals surface area contributed by atoms with Crippen LogP contribution in [0, 0.1) is 5.82 Å². The van der Waals surface area contributed by atoms with Crippen LogP contribution in [0.15, 0.2) is 66.7 Å². The van der Waals surface area contributed by atoms with Crippen LogP contribution < -0.4 is 9.47 Å². The van der Waals surface area contributed by atoms with Gasteiger partial charge in [0.1, 0.15) is 11.5 Å². The van der Waals surface area contributed by atoms with E-state index in [1.54, 1.807) is 24.3 Å². The third-order valence-electron chi connectivity index (χ3n) is 5.35. The Bertz CT molecular complexity index is 1450. The second-order valence-corrected chi connectivity index (χ2v) is 7.61. The molecule has 0 amide bonds. The Labute approximate surface area is 202 Å². The maximum absolute atomic E-state index is 13.8. The molecule has 184 valence electrons. The first kappa shape index (κ1) is 24.6. The average molecular weight is 498 g/mol. The van der Waals surface area contributed by atoms with Crippen LogP contribution in [0.25, 0.3) is 33.8 Å². The number of rotatable bonds is 6. The first-order chi connectivity index (χ1) is 17.1.